The average molecular weight is 279 g/mol. The summed E-state index contributed by atoms with van der Waals surface area (Å²) in [7, 11) is 0. The summed E-state index contributed by atoms with van der Waals surface area (Å²) in [6.07, 6.45) is 2.01. The highest BCUT2D eigenvalue weighted by molar-refractivity contribution is 7.98. The molecule has 1 amide bonds. The molecule has 0 aliphatic carbocycles. The van der Waals surface area contributed by atoms with Gasteiger partial charge in [-0.3, -0.25) is 4.79 Å². The molecule has 0 aliphatic rings. The molecule has 0 aliphatic heterocycles. The second-order valence-electron chi connectivity index (χ2n) is 3.69. The van der Waals surface area contributed by atoms with E-state index in [1.807, 2.05) is 30.5 Å². The lowest BCUT2D eigenvalue weighted by molar-refractivity contribution is 0.102. The van der Waals surface area contributed by atoms with Crippen molar-refractivity contribution >= 4 is 39.9 Å². The molecule has 0 spiro atoms. The van der Waals surface area contributed by atoms with Crippen LogP contribution >= 0.6 is 23.3 Å². The number of nitrogen functional groups attached to an aromatic ring is 1. The minimum absolute atomic E-state index is 0.212. The summed E-state index contributed by atoms with van der Waals surface area (Å²) in [4.78, 5) is 13.2. The number of rotatable bonds is 3. The Morgan fingerprint density at radius 1 is 1.39 bits per heavy atom. The van der Waals surface area contributed by atoms with Crippen LogP contribution < -0.4 is 11.1 Å². The standard InChI is InChI=1S/C12H13N3OS2/c1-7-10(11(13)18-15-7)12(16)14-8-3-5-9(17-2)6-4-8/h3-6H,13H2,1-2H3,(H,14,16). The lowest BCUT2D eigenvalue weighted by Crippen LogP contribution is -2.13. The number of nitrogens with zero attached hydrogens (tertiary/aromatic N) is 1. The number of hydrogen-bond acceptors (Lipinski definition) is 5. The van der Waals surface area contributed by atoms with Gasteiger partial charge in [0.05, 0.1) is 11.3 Å². The maximum Gasteiger partial charge on any atom is 0.260 e. The van der Waals surface area contributed by atoms with Gasteiger partial charge in [0.15, 0.2) is 0 Å². The van der Waals surface area contributed by atoms with Crippen LogP contribution in [0.1, 0.15) is 16.1 Å². The molecule has 6 heteroatoms. The Balaban J connectivity index is 2.16. The first-order valence-corrected chi connectivity index (χ1v) is 7.28. The number of benzene rings is 1. The molecule has 4 nitrogen and oxygen atoms in total. The minimum Gasteiger partial charge on any atom is -0.389 e. The number of carbonyl (C=O) groups excluding carboxylic acids is 1. The number of nitrogens with two attached hydrogens (primary N) is 1. The van der Waals surface area contributed by atoms with Gasteiger partial charge in [-0.2, -0.15) is 4.37 Å². The summed E-state index contributed by atoms with van der Waals surface area (Å²) in [6, 6.07) is 7.66. The Bertz CT molecular complexity index is 544. The summed E-state index contributed by atoms with van der Waals surface area (Å²) < 4.78 is 4.06. The van der Waals surface area contributed by atoms with Crippen molar-refractivity contribution in [3.8, 4) is 0 Å². The lowest BCUT2D eigenvalue weighted by atomic mass is 10.2. The number of carbonyl (C=O) groups is 1. The summed E-state index contributed by atoms with van der Waals surface area (Å²) >= 11 is 2.80. The Labute approximate surface area is 114 Å². The van der Waals surface area contributed by atoms with E-state index < -0.39 is 0 Å². The van der Waals surface area contributed by atoms with Crippen molar-refractivity contribution in [3.63, 3.8) is 0 Å². The van der Waals surface area contributed by atoms with Crippen molar-refractivity contribution in [1.29, 1.82) is 0 Å². The van der Waals surface area contributed by atoms with Crippen LogP contribution in [0.25, 0.3) is 0 Å². The first-order valence-electron chi connectivity index (χ1n) is 5.29. The van der Waals surface area contributed by atoms with Crippen molar-refractivity contribution in [2.75, 3.05) is 17.3 Å². The van der Waals surface area contributed by atoms with Gasteiger partial charge in [-0.25, -0.2) is 0 Å². The first-order chi connectivity index (χ1) is 8.61. The highest BCUT2D eigenvalue weighted by Gasteiger charge is 2.16. The summed E-state index contributed by atoms with van der Waals surface area (Å²) in [6.45, 7) is 1.78. The van der Waals surface area contributed by atoms with E-state index in [1.54, 1.807) is 18.7 Å². The van der Waals surface area contributed by atoms with Gasteiger partial charge in [0.25, 0.3) is 5.91 Å². The Morgan fingerprint density at radius 2 is 2.06 bits per heavy atom. The second-order valence-corrected chi connectivity index (χ2v) is 5.37. The molecule has 18 heavy (non-hydrogen) atoms. The predicted molar refractivity (Wildman–Crippen MR) is 77.4 cm³/mol. The van der Waals surface area contributed by atoms with Crippen LogP contribution in [0, 0.1) is 6.92 Å². The zero-order valence-corrected chi connectivity index (χ0v) is 11.7. The molecule has 1 aromatic carbocycles. The zero-order chi connectivity index (χ0) is 13.1. The maximum absolute atomic E-state index is 12.0. The maximum atomic E-state index is 12.0. The van der Waals surface area contributed by atoms with Crippen LogP contribution in [0.5, 0.6) is 0 Å². The molecule has 0 saturated carbocycles. The number of aryl methyl sites for hydroxylation is 1. The molecule has 2 rings (SSSR count). The van der Waals surface area contributed by atoms with Crippen molar-refractivity contribution in [2.24, 2.45) is 0 Å². The summed E-state index contributed by atoms with van der Waals surface area (Å²) in [5.41, 5.74) is 7.62. The molecule has 0 bridgehead atoms. The monoisotopic (exact) mass is 279 g/mol. The smallest absolute Gasteiger partial charge is 0.260 e. The fraction of sp³-hybridized carbons (Fsp3) is 0.167. The Hall–Kier alpha value is -1.53. The van der Waals surface area contributed by atoms with Gasteiger partial charge in [0, 0.05) is 10.6 Å². The molecular weight excluding hydrogens is 266 g/mol. The normalized spacial score (nSPS) is 10.3. The number of hydrogen-bond donors (Lipinski definition) is 2. The Kier molecular flexibility index (Phi) is 3.88. The Morgan fingerprint density at radius 3 is 2.56 bits per heavy atom. The molecule has 0 unspecified atom stereocenters. The molecule has 1 aromatic heterocycles. The zero-order valence-electron chi connectivity index (χ0n) is 10.1. The molecule has 1 heterocycles. The quantitative estimate of drug-likeness (QED) is 0.847. The van der Waals surface area contributed by atoms with Gasteiger partial charge < -0.3 is 11.1 Å². The average Bonchev–Trinajstić information content (AvgIpc) is 2.70. The van der Waals surface area contributed by atoms with Gasteiger partial charge in [0.2, 0.25) is 0 Å². The number of anilines is 2. The van der Waals surface area contributed by atoms with Crippen molar-refractivity contribution in [1.82, 2.24) is 4.37 Å². The van der Waals surface area contributed by atoms with Crippen LogP contribution in [-0.4, -0.2) is 16.5 Å². The van der Waals surface area contributed by atoms with Crippen LogP contribution in [0.4, 0.5) is 10.7 Å². The van der Waals surface area contributed by atoms with Crippen LogP contribution in [0.15, 0.2) is 29.2 Å². The minimum atomic E-state index is -0.212. The molecule has 0 fully saturated rings. The second kappa shape index (κ2) is 5.41. The van der Waals surface area contributed by atoms with Crippen LogP contribution in [-0.2, 0) is 0 Å². The summed E-state index contributed by atoms with van der Waals surface area (Å²) in [5, 5.41) is 3.27. The third-order valence-electron chi connectivity index (χ3n) is 2.46. The number of aromatic nitrogens is 1. The topological polar surface area (TPSA) is 68.0 Å². The molecule has 0 radical (unpaired) electrons. The van der Waals surface area contributed by atoms with E-state index >= 15 is 0 Å². The van der Waals surface area contributed by atoms with Crippen LogP contribution in [0.2, 0.25) is 0 Å². The fourth-order valence-corrected chi connectivity index (χ4v) is 2.60. The van der Waals surface area contributed by atoms with E-state index in [2.05, 4.69) is 9.69 Å². The van der Waals surface area contributed by atoms with Crippen molar-refractivity contribution in [3.05, 3.63) is 35.5 Å². The molecule has 0 atom stereocenters. The van der Waals surface area contributed by atoms with Gasteiger partial charge in [-0.05, 0) is 49.0 Å². The largest absolute Gasteiger partial charge is 0.389 e. The number of amides is 1. The van der Waals surface area contributed by atoms with Crippen molar-refractivity contribution < 1.29 is 4.79 Å². The van der Waals surface area contributed by atoms with Gasteiger partial charge in [0.1, 0.15) is 5.00 Å². The number of thioether (sulfide) groups is 1. The molecule has 94 valence electrons. The molecule has 0 saturated heterocycles. The highest BCUT2D eigenvalue weighted by atomic mass is 32.2. The van der Waals surface area contributed by atoms with E-state index in [9.17, 15) is 4.79 Å². The third-order valence-corrected chi connectivity index (χ3v) is 3.97. The first kappa shape index (κ1) is 12.9. The van der Waals surface area contributed by atoms with E-state index in [0.717, 1.165) is 22.1 Å². The van der Waals surface area contributed by atoms with Gasteiger partial charge >= 0.3 is 0 Å². The highest BCUT2D eigenvalue weighted by Crippen LogP contribution is 2.23. The molecule has 3 N–H and O–H groups in total. The van der Waals surface area contributed by atoms with Gasteiger partial charge in [-0.15, -0.1) is 11.8 Å². The van der Waals surface area contributed by atoms with Crippen LogP contribution in [0.3, 0.4) is 0 Å². The van der Waals surface area contributed by atoms with Crippen molar-refractivity contribution in [2.45, 2.75) is 11.8 Å². The predicted octanol–water partition coefficient (Wildman–Crippen LogP) is 3.01. The fourth-order valence-electron chi connectivity index (χ4n) is 1.53. The number of nitrogens with one attached hydrogen (secondary N) is 1. The van der Waals surface area contributed by atoms with E-state index in [1.165, 1.54) is 0 Å². The van der Waals surface area contributed by atoms with E-state index in [0.29, 0.717) is 16.3 Å². The van der Waals surface area contributed by atoms with E-state index in [4.69, 9.17) is 5.73 Å². The summed E-state index contributed by atoms with van der Waals surface area (Å²) in [5.74, 6) is -0.212. The molecule has 2 aromatic rings. The van der Waals surface area contributed by atoms with E-state index in [-0.39, 0.29) is 5.91 Å². The third kappa shape index (κ3) is 2.65. The SMILES string of the molecule is CSc1ccc(NC(=O)c2c(C)nsc2N)cc1. The van der Waals surface area contributed by atoms with Gasteiger partial charge in [-0.1, -0.05) is 0 Å². The lowest BCUT2D eigenvalue weighted by Gasteiger charge is -2.05. The molecular formula is C12H13N3OS2.